The number of likely N-dealkylation sites (tertiary alicyclic amines) is 1. The van der Waals surface area contributed by atoms with Gasteiger partial charge in [0.2, 0.25) is 0 Å². The fourth-order valence-electron chi connectivity index (χ4n) is 4.37. The Kier molecular flexibility index (Phi) is 4.68. The van der Waals surface area contributed by atoms with E-state index in [9.17, 15) is 9.18 Å². The van der Waals surface area contributed by atoms with Crippen molar-refractivity contribution in [3.63, 3.8) is 0 Å². The molecule has 5 rings (SSSR count). The molecule has 0 bridgehead atoms. The number of aromatic nitrogens is 1. The molecule has 0 aliphatic carbocycles. The van der Waals surface area contributed by atoms with E-state index in [2.05, 4.69) is 35.3 Å². The van der Waals surface area contributed by atoms with Gasteiger partial charge in [0.1, 0.15) is 0 Å². The van der Waals surface area contributed by atoms with Crippen LogP contribution in [0.4, 0.5) is 4.39 Å². The molecule has 2 aliphatic heterocycles. The lowest BCUT2D eigenvalue weighted by atomic mass is 9.82. The van der Waals surface area contributed by atoms with Crippen molar-refractivity contribution in [3.8, 4) is 10.4 Å². The van der Waals surface area contributed by atoms with Crippen LogP contribution in [0.5, 0.6) is 0 Å². The lowest BCUT2D eigenvalue weighted by Gasteiger charge is -2.44. The first-order valence-corrected chi connectivity index (χ1v) is 10.7. The Morgan fingerprint density at radius 3 is 2.72 bits per heavy atom. The molecule has 0 atom stereocenters. The van der Waals surface area contributed by atoms with Crippen LogP contribution < -0.4 is 0 Å². The lowest BCUT2D eigenvalue weighted by Crippen LogP contribution is -2.48. The Bertz CT molecular complexity index is 1040. The van der Waals surface area contributed by atoms with E-state index in [4.69, 9.17) is 4.74 Å². The molecule has 4 heterocycles. The number of ether oxygens (including phenoxy) is 1. The average Bonchev–Trinajstić information content (AvgIpc) is 3.21. The Hall–Kier alpha value is -2.57. The van der Waals surface area contributed by atoms with Crippen LogP contribution in [0.1, 0.15) is 33.6 Å². The number of thiophene rings is 1. The number of halogens is 1. The molecule has 0 radical (unpaired) electrons. The molecule has 1 aromatic carbocycles. The SMILES string of the molecule is O=C(c1ccncc1F)N1CCC2(CC1)OCCc1sc(-c3ccccc3)cc12. The Balaban J connectivity index is 1.38. The highest BCUT2D eigenvalue weighted by atomic mass is 32.1. The van der Waals surface area contributed by atoms with Crippen LogP contribution in [-0.4, -0.2) is 35.5 Å². The topological polar surface area (TPSA) is 42.4 Å². The van der Waals surface area contributed by atoms with Crippen molar-refractivity contribution < 1.29 is 13.9 Å². The summed E-state index contributed by atoms with van der Waals surface area (Å²) in [6.07, 6.45) is 4.92. The minimum absolute atomic E-state index is 0.0862. The van der Waals surface area contributed by atoms with Gasteiger partial charge in [-0.2, -0.15) is 0 Å². The maximum Gasteiger partial charge on any atom is 0.256 e. The van der Waals surface area contributed by atoms with E-state index in [1.807, 2.05) is 17.4 Å². The smallest absolute Gasteiger partial charge is 0.256 e. The highest BCUT2D eigenvalue weighted by Gasteiger charge is 2.43. The summed E-state index contributed by atoms with van der Waals surface area (Å²) in [5.74, 6) is -0.842. The van der Waals surface area contributed by atoms with Crippen molar-refractivity contribution in [1.82, 2.24) is 9.88 Å². The van der Waals surface area contributed by atoms with Crippen LogP contribution in [-0.2, 0) is 16.8 Å². The quantitative estimate of drug-likeness (QED) is 0.620. The van der Waals surface area contributed by atoms with E-state index in [0.717, 1.165) is 25.5 Å². The van der Waals surface area contributed by atoms with E-state index < -0.39 is 5.82 Å². The van der Waals surface area contributed by atoms with Gasteiger partial charge in [0.15, 0.2) is 5.82 Å². The third kappa shape index (κ3) is 3.26. The molecule has 148 valence electrons. The molecule has 0 N–H and O–H groups in total. The zero-order valence-electron chi connectivity index (χ0n) is 15.9. The number of hydrogen-bond acceptors (Lipinski definition) is 4. The number of nitrogens with zero attached hydrogens (tertiary/aromatic N) is 2. The number of hydrogen-bond donors (Lipinski definition) is 0. The van der Waals surface area contributed by atoms with Crippen molar-refractivity contribution >= 4 is 17.2 Å². The lowest BCUT2D eigenvalue weighted by molar-refractivity contribution is -0.0926. The number of rotatable bonds is 2. The molecule has 2 aromatic heterocycles. The molecule has 2 aliphatic rings. The summed E-state index contributed by atoms with van der Waals surface area (Å²) < 4.78 is 20.3. The fourth-order valence-corrected chi connectivity index (χ4v) is 5.60. The molecule has 29 heavy (non-hydrogen) atoms. The van der Waals surface area contributed by atoms with E-state index in [1.165, 1.54) is 33.1 Å². The van der Waals surface area contributed by atoms with Crippen molar-refractivity contribution in [1.29, 1.82) is 0 Å². The minimum Gasteiger partial charge on any atom is -0.370 e. The maximum absolute atomic E-state index is 14.0. The van der Waals surface area contributed by atoms with Gasteiger partial charge < -0.3 is 9.64 Å². The van der Waals surface area contributed by atoms with E-state index >= 15 is 0 Å². The summed E-state index contributed by atoms with van der Waals surface area (Å²) in [7, 11) is 0. The number of carbonyl (C=O) groups excluding carboxylic acids is 1. The van der Waals surface area contributed by atoms with Gasteiger partial charge in [-0.15, -0.1) is 11.3 Å². The maximum atomic E-state index is 14.0. The Labute approximate surface area is 173 Å². The van der Waals surface area contributed by atoms with E-state index in [-0.39, 0.29) is 17.1 Å². The first-order chi connectivity index (χ1) is 14.2. The summed E-state index contributed by atoms with van der Waals surface area (Å²) >= 11 is 1.84. The molecule has 1 saturated heterocycles. The number of piperidine rings is 1. The van der Waals surface area contributed by atoms with Crippen molar-refractivity contribution in [2.45, 2.75) is 24.9 Å². The molecule has 0 unspecified atom stereocenters. The van der Waals surface area contributed by atoms with Crippen LogP contribution in [0, 0.1) is 5.82 Å². The van der Waals surface area contributed by atoms with E-state index in [0.29, 0.717) is 19.7 Å². The molecule has 0 saturated carbocycles. The van der Waals surface area contributed by atoms with Crippen LogP contribution >= 0.6 is 11.3 Å². The molecule has 1 spiro atoms. The molecule has 4 nitrogen and oxygen atoms in total. The van der Waals surface area contributed by atoms with Gasteiger partial charge >= 0.3 is 0 Å². The number of carbonyl (C=O) groups is 1. The Morgan fingerprint density at radius 2 is 1.97 bits per heavy atom. The molecule has 1 fully saturated rings. The van der Waals surface area contributed by atoms with Gasteiger partial charge in [-0.05, 0) is 36.1 Å². The van der Waals surface area contributed by atoms with Gasteiger partial charge in [-0.1, -0.05) is 30.3 Å². The van der Waals surface area contributed by atoms with Crippen LogP contribution in [0.25, 0.3) is 10.4 Å². The molecule has 3 aromatic rings. The van der Waals surface area contributed by atoms with Crippen molar-refractivity contribution in [2.75, 3.05) is 19.7 Å². The van der Waals surface area contributed by atoms with Crippen molar-refractivity contribution in [3.05, 3.63) is 76.7 Å². The van der Waals surface area contributed by atoms with Crippen LogP contribution in [0.2, 0.25) is 0 Å². The second-order valence-corrected chi connectivity index (χ2v) is 8.69. The summed E-state index contributed by atoms with van der Waals surface area (Å²) in [6, 6.07) is 14.1. The summed E-state index contributed by atoms with van der Waals surface area (Å²) in [6.45, 7) is 1.81. The molecule has 1 amide bonds. The van der Waals surface area contributed by atoms with Gasteiger partial charge in [0.05, 0.1) is 24.0 Å². The predicted molar refractivity (Wildman–Crippen MR) is 110 cm³/mol. The summed E-state index contributed by atoms with van der Waals surface area (Å²) in [4.78, 5) is 20.8. The summed E-state index contributed by atoms with van der Waals surface area (Å²) in [5.41, 5.74) is 2.24. The predicted octanol–water partition coefficient (Wildman–Crippen LogP) is 4.65. The monoisotopic (exact) mass is 408 g/mol. The van der Waals surface area contributed by atoms with Gasteiger partial charge in [-0.3, -0.25) is 9.78 Å². The zero-order valence-corrected chi connectivity index (χ0v) is 16.8. The van der Waals surface area contributed by atoms with Crippen LogP contribution in [0.15, 0.2) is 54.9 Å². The van der Waals surface area contributed by atoms with Crippen molar-refractivity contribution in [2.24, 2.45) is 0 Å². The van der Waals surface area contributed by atoms with E-state index in [1.54, 1.807) is 4.90 Å². The van der Waals surface area contributed by atoms with Gasteiger partial charge in [-0.25, -0.2) is 4.39 Å². The van der Waals surface area contributed by atoms with Crippen LogP contribution in [0.3, 0.4) is 0 Å². The normalized spacial score (nSPS) is 17.9. The second kappa shape index (κ2) is 7.35. The largest absolute Gasteiger partial charge is 0.370 e. The minimum atomic E-state index is -0.570. The highest BCUT2D eigenvalue weighted by Crippen LogP contribution is 2.46. The zero-order chi connectivity index (χ0) is 19.8. The first-order valence-electron chi connectivity index (χ1n) is 9.88. The third-order valence-corrected chi connectivity index (χ3v) is 7.17. The number of amides is 1. The number of fused-ring (bicyclic) bond motifs is 2. The van der Waals surface area contributed by atoms with Gasteiger partial charge in [0, 0.05) is 35.5 Å². The second-order valence-electron chi connectivity index (χ2n) is 7.55. The molecular formula is C23H21FN2O2S. The molecular weight excluding hydrogens is 387 g/mol. The third-order valence-electron chi connectivity index (χ3n) is 5.93. The fraction of sp³-hybridized carbons (Fsp3) is 0.304. The highest BCUT2D eigenvalue weighted by molar-refractivity contribution is 7.15. The molecule has 6 heteroatoms. The first kappa shape index (κ1) is 18.5. The average molecular weight is 408 g/mol. The Morgan fingerprint density at radius 1 is 1.17 bits per heavy atom. The standard InChI is InChI=1S/C23H21FN2O2S/c24-19-15-25-10-6-17(19)22(27)26-11-8-23(9-12-26)18-14-21(16-4-2-1-3-5-16)29-20(18)7-13-28-23/h1-6,10,14-15H,7-9,11-13H2. The summed E-state index contributed by atoms with van der Waals surface area (Å²) in [5, 5.41) is 0. The number of benzene rings is 1. The van der Waals surface area contributed by atoms with Gasteiger partial charge in [0.25, 0.3) is 5.91 Å². The number of pyridine rings is 1.